The van der Waals surface area contributed by atoms with Crippen molar-refractivity contribution in [1.82, 2.24) is 0 Å². The Labute approximate surface area is 165 Å². The molecule has 2 aromatic rings. The summed E-state index contributed by atoms with van der Waals surface area (Å²) in [5, 5.41) is 11.8. The molecular formula is C22H24N4O2. The van der Waals surface area contributed by atoms with Crippen molar-refractivity contribution in [2.24, 2.45) is 0 Å². The van der Waals surface area contributed by atoms with Crippen LogP contribution in [0.2, 0.25) is 0 Å². The zero-order chi connectivity index (χ0) is 19.9. The normalized spacial score (nSPS) is 13.1. The Morgan fingerprint density at radius 3 is 2.29 bits per heavy atom. The van der Waals surface area contributed by atoms with E-state index >= 15 is 0 Å². The van der Waals surface area contributed by atoms with E-state index in [2.05, 4.69) is 16.3 Å². The summed E-state index contributed by atoms with van der Waals surface area (Å²) in [6, 6.07) is 16.7. The lowest BCUT2D eigenvalue weighted by Gasteiger charge is -2.21. The van der Waals surface area contributed by atoms with E-state index in [1.54, 1.807) is 24.3 Å². The molecule has 1 heterocycles. The van der Waals surface area contributed by atoms with Crippen molar-refractivity contribution in [1.29, 1.82) is 5.26 Å². The molecule has 0 aromatic heterocycles. The van der Waals surface area contributed by atoms with Gasteiger partial charge in [-0.15, -0.1) is 0 Å². The number of carbonyl (C=O) groups is 2. The van der Waals surface area contributed by atoms with Gasteiger partial charge in [0, 0.05) is 50.0 Å². The second kappa shape index (κ2) is 9.05. The van der Waals surface area contributed by atoms with Crippen LogP contribution in [0.1, 0.15) is 31.7 Å². The van der Waals surface area contributed by atoms with Crippen LogP contribution in [-0.2, 0) is 9.59 Å². The fourth-order valence-corrected chi connectivity index (χ4v) is 3.35. The Hall–Kier alpha value is -3.33. The first kappa shape index (κ1) is 19.4. The van der Waals surface area contributed by atoms with Crippen LogP contribution in [0.5, 0.6) is 0 Å². The Morgan fingerprint density at radius 2 is 1.71 bits per heavy atom. The van der Waals surface area contributed by atoms with Crippen LogP contribution in [0.4, 0.5) is 17.1 Å². The molecule has 0 radical (unpaired) electrons. The smallest absolute Gasteiger partial charge is 0.226 e. The van der Waals surface area contributed by atoms with Gasteiger partial charge in [-0.05, 0) is 61.4 Å². The highest BCUT2D eigenvalue weighted by atomic mass is 16.2. The average Bonchev–Trinajstić information content (AvgIpc) is 3.24. The zero-order valence-corrected chi connectivity index (χ0v) is 16.0. The molecule has 0 spiro atoms. The predicted octanol–water partition coefficient (Wildman–Crippen LogP) is 3.54. The standard InChI is InChI=1S/C22H24N4O2/c1-17(27)26(21-8-4-18(16-23)5-9-21)15-12-22(28)24-19-6-10-20(11-7-19)25-13-2-3-14-25/h4-11H,2-3,12-15H2,1H3,(H,24,28). The summed E-state index contributed by atoms with van der Waals surface area (Å²) in [5.74, 6) is -0.290. The highest BCUT2D eigenvalue weighted by Gasteiger charge is 2.15. The van der Waals surface area contributed by atoms with Crippen molar-refractivity contribution >= 4 is 28.9 Å². The second-order valence-electron chi connectivity index (χ2n) is 6.87. The number of nitrogens with one attached hydrogen (secondary N) is 1. The molecule has 3 rings (SSSR count). The molecular weight excluding hydrogens is 352 g/mol. The maximum atomic E-state index is 12.3. The number of carbonyl (C=O) groups excluding carboxylic acids is 2. The Bertz CT molecular complexity index is 863. The molecule has 0 atom stereocenters. The molecule has 2 aromatic carbocycles. The molecule has 0 saturated carbocycles. The topological polar surface area (TPSA) is 76.4 Å². The highest BCUT2D eigenvalue weighted by Crippen LogP contribution is 2.22. The third kappa shape index (κ3) is 4.89. The number of amides is 2. The Morgan fingerprint density at radius 1 is 1.07 bits per heavy atom. The summed E-state index contributed by atoms with van der Waals surface area (Å²) in [6.45, 7) is 3.91. The number of hydrogen-bond donors (Lipinski definition) is 1. The van der Waals surface area contributed by atoms with E-state index in [4.69, 9.17) is 5.26 Å². The lowest BCUT2D eigenvalue weighted by Crippen LogP contribution is -2.31. The van der Waals surface area contributed by atoms with Gasteiger partial charge in [0.2, 0.25) is 11.8 Å². The van der Waals surface area contributed by atoms with Gasteiger partial charge in [0.1, 0.15) is 0 Å². The number of benzene rings is 2. The summed E-state index contributed by atoms with van der Waals surface area (Å²) in [6.07, 6.45) is 2.64. The first-order valence-electron chi connectivity index (χ1n) is 9.50. The van der Waals surface area contributed by atoms with Gasteiger partial charge in [-0.2, -0.15) is 5.26 Å². The molecule has 1 fully saturated rings. The summed E-state index contributed by atoms with van der Waals surface area (Å²) in [4.78, 5) is 28.1. The summed E-state index contributed by atoms with van der Waals surface area (Å²) >= 11 is 0. The maximum Gasteiger partial charge on any atom is 0.226 e. The molecule has 28 heavy (non-hydrogen) atoms. The fraction of sp³-hybridized carbons (Fsp3) is 0.318. The average molecular weight is 376 g/mol. The van der Waals surface area contributed by atoms with Crippen molar-refractivity contribution in [2.75, 3.05) is 34.8 Å². The number of nitriles is 1. The largest absolute Gasteiger partial charge is 0.372 e. The van der Waals surface area contributed by atoms with Gasteiger partial charge in [-0.3, -0.25) is 9.59 Å². The second-order valence-corrected chi connectivity index (χ2v) is 6.87. The highest BCUT2D eigenvalue weighted by molar-refractivity contribution is 5.94. The van der Waals surface area contributed by atoms with Crippen LogP contribution in [0.15, 0.2) is 48.5 Å². The van der Waals surface area contributed by atoms with Crippen LogP contribution in [-0.4, -0.2) is 31.4 Å². The Kier molecular flexibility index (Phi) is 6.28. The van der Waals surface area contributed by atoms with E-state index < -0.39 is 0 Å². The van der Waals surface area contributed by atoms with Gasteiger partial charge >= 0.3 is 0 Å². The van der Waals surface area contributed by atoms with Crippen LogP contribution >= 0.6 is 0 Å². The number of hydrogen-bond acceptors (Lipinski definition) is 4. The van der Waals surface area contributed by atoms with Crippen LogP contribution in [0.25, 0.3) is 0 Å². The van der Waals surface area contributed by atoms with Gasteiger partial charge < -0.3 is 15.1 Å². The van der Waals surface area contributed by atoms with Crippen molar-refractivity contribution in [3.63, 3.8) is 0 Å². The molecule has 0 bridgehead atoms. The van der Waals surface area contributed by atoms with Crippen molar-refractivity contribution in [3.8, 4) is 6.07 Å². The van der Waals surface area contributed by atoms with E-state index in [0.717, 1.165) is 18.8 Å². The molecule has 6 nitrogen and oxygen atoms in total. The van der Waals surface area contributed by atoms with E-state index in [0.29, 0.717) is 11.3 Å². The number of nitrogens with zero attached hydrogens (tertiary/aromatic N) is 3. The van der Waals surface area contributed by atoms with Gasteiger partial charge in [0.15, 0.2) is 0 Å². The molecule has 6 heteroatoms. The lowest BCUT2D eigenvalue weighted by molar-refractivity contribution is -0.117. The van der Waals surface area contributed by atoms with E-state index in [1.165, 1.54) is 30.4 Å². The minimum Gasteiger partial charge on any atom is -0.372 e. The minimum atomic E-state index is -0.146. The maximum absolute atomic E-state index is 12.3. The Balaban J connectivity index is 1.55. The zero-order valence-electron chi connectivity index (χ0n) is 16.0. The first-order chi connectivity index (χ1) is 13.6. The molecule has 1 aliphatic heterocycles. The van der Waals surface area contributed by atoms with Crippen LogP contribution < -0.4 is 15.1 Å². The monoisotopic (exact) mass is 376 g/mol. The molecule has 1 N–H and O–H groups in total. The van der Waals surface area contributed by atoms with E-state index in [9.17, 15) is 9.59 Å². The number of anilines is 3. The molecule has 144 valence electrons. The van der Waals surface area contributed by atoms with E-state index in [1.807, 2.05) is 24.3 Å². The molecule has 2 amide bonds. The summed E-state index contributed by atoms with van der Waals surface area (Å²) in [5.41, 5.74) is 3.14. The first-order valence-corrected chi connectivity index (χ1v) is 9.50. The fourth-order valence-electron chi connectivity index (χ4n) is 3.35. The third-order valence-electron chi connectivity index (χ3n) is 4.87. The SMILES string of the molecule is CC(=O)N(CCC(=O)Nc1ccc(N2CCCC2)cc1)c1ccc(C#N)cc1. The molecule has 0 aliphatic carbocycles. The minimum absolute atomic E-state index is 0.145. The van der Waals surface area contributed by atoms with Gasteiger partial charge in [0.25, 0.3) is 0 Å². The van der Waals surface area contributed by atoms with E-state index in [-0.39, 0.29) is 24.8 Å². The summed E-state index contributed by atoms with van der Waals surface area (Å²) in [7, 11) is 0. The lowest BCUT2D eigenvalue weighted by atomic mass is 10.2. The van der Waals surface area contributed by atoms with Crippen molar-refractivity contribution in [3.05, 3.63) is 54.1 Å². The predicted molar refractivity (Wildman–Crippen MR) is 110 cm³/mol. The summed E-state index contributed by atoms with van der Waals surface area (Å²) < 4.78 is 0. The van der Waals surface area contributed by atoms with Crippen LogP contribution in [0, 0.1) is 11.3 Å². The van der Waals surface area contributed by atoms with Crippen molar-refractivity contribution in [2.45, 2.75) is 26.2 Å². The van der Waals surface area contributed by atoms with Gasteiger partial charge in [-0.1, -0.05) is 0 Å². The van der Waals surface area contributed by atoms with Crippen LogP contribution in [0.3, 0.4) is 0 Å². The third-order valence-corrected chi connectivity index (χ3v) is 4.87. The van der Waals surface area contributed by atoms with Crippen molar-refractivity contribution < 1.29 is 9.59 Å². The molecule has 0 unspecified atom stereocenters. The van der Waals surface area contributed by atoms with Gasteiger partial charge in [-0.25, -0.2) is 0 Å². The quantitative estimate of drug-likeness (QED) is 0.837. The molecule has 1 saturated heterocycles. The molecule has 1 aliphatic rings. The number of rotatable bonds is 6. The van der Waals surface area contributed by atoms with Gasteiger partial charge in [0.05, 0.1) is 11.6 Å².